The number of benzene rings is 2. The first-order valence-electron chi connectivity index (χ1n) is 8.48. The fourth-order valence-electron chi connectivity index (χ4n) is 4.24. The van der Waals surface area contributed by atoms with Crippen LogP contribution in [0.1, 0.15) is 36.3 Å². The van der Waals surface area contributed by atoms with E-state index in [1.165, 1.54) is 0 Å². The molecule has 3 heteroatoms. The maximum Gasteiger partial charge on any atom is 0.150 e. The number of hydrogen-bond acceptors (Lipinski definition) is 2. The molecule has 24 heavy (non-hydrogen) atoms. The normalized spacial score (nSPS) is 26.0. The maximum absolute atomic E-state index is 12.7. The molecule has 0 heterocycles. The minimum Gasteiger partial charge on any atom is -0.298 e. The van der Waals surface area contributed by atoms with Crippen LogP contribution in [0.2, 0.25) is 5.02 Å². The minimum absolute atomic E-state index is 0.0908. The van der Waals surface area contributed by atoms with E-state index in [9.17, 15) is 9.59 Å². The lowest BCUT2D eigenvalue weighted by Gasteiger charge is -2.26. The van der Waals surface area contributed by atoms with Gasteiger partial charge in [0.2, 0.25) is 0 Å². The van der Waals surface area contributed by atoms with Crippen LogP contribution in [0.5, 0.6) is 0 Å². The van der Waals surface area contributed by atoms with Gasteiger partial charge < -0.3 is 0 Å². The average Bonchev–Trinajstić information content (AvgIpc) is 3.02. The Morgan fingerprint density at radius 1 is 0.875 bits per heavy atom. The molecule has 2 bridgehead atoms. The number of rotatable bonds is 2. The number of aryl methyl sites for hydroxylation is 1. The van der Waals surface area contributed by atoms with E-state index in [4.69, 9.17) is 11.6 Å². The van der Waals surface area contributed by atoms with Crippen LogP contribution in [0.15, 0.2) is 42.5 Å². The van der Waals surface area contributed by atoms with Crippen LogP contribution < -0.4 is 0 Å². The number of hydrogen-bond donors (Lipinski definition) is 0. The Bertz CT molecular complexity index is 800. The molecule has 2 atom stereocenters. The van der Waals surface area contributed by atoms with Crippen molar-refractivity contribution in [2.45, 2.75) is 32.1 Å². The quantitative estimate of drug-likeness (QED) is 0.725. The number of carbonyl (C=O) groups is 2. The third-order valence-corrected chi connectivity index (χ3v) is 5.82. The first kappa shape index (κ1) is 15.6. The van der Waals surface area contributed by atoms with Gasteiger partial charge in [0.25, 0.3) is 0 Å². The highest BCUT2D eigenvalue weighted by molar-refractivity contribution is 6.30. The predicted molar refractivity (Wildman–Crippen MR) is 95.2 cm³/mol. The molecule has 0 aromatic heterocycles. The van der Waals surface area contributed by atoms with Gasteiger partial charge in [-0.05, 0) is 60.6 Å². The molecule has 0 saturated heterocycles. The summed E-state index contributed by atoms with van der Waals surface area (Å²) in [4.78, 5) is 25.4. The Kier molecular flexibility index (Phi) is 3.80. The Hall–Kier alpha value is -1.93. The molecule has 0 N–H and O–H groups in total. The smallest absolute Gasteiger partial charge is 0.150 e. The first-order chi connectivity index (χ1) is 11.5. The van der Waals surface area contributed by atoms with Gasteiger partial charge in [-0.1, -0.05) is 41.9 Å². The van der Waals surface area contributed by atoms with Gasteiger partial charge in [0.1, 0.15) is 5.92 Å². The summed E-state index contributed by atoms with van der Waals surface area (Å²) in [6.45, 7) is 1.99. The van der Waals surface area contributed by atoms with Gasteiger partial charge in [0, 0.05) is 16.9 Å². The van der Waals surface area contributed by atoms with Crippen molar-refractivity contribution in [2.75, 3.05) is 0 Å². The van der Waals surface area contributed by atoms with E-state index < -0.39 is 5.92 Å². The molecule has 122 valence electrons. The predicted octanol–water partition coefficient (Wildman–Crippen LogP) is 4.97. The molecule has 2 aromatic rings. The van der Waals surface area contributed by atoms with Crippen molar-refractivity contribution in [3.8, 4) is 11.1 Å². The summed E-state index contributed by atoms with van der Waals surface area (Å²) in [5.74, 6) is -0.0937. The zero-order valence-electron chi connectivity index (χ0n) is 13.6. The highest BCUT2D eigenvalue weighted by Gasteiger charge is 2.47. The first-order valence-corrected chi connectivity index (χ1v) is 8.86. The SMILES string of the molecule is Cc1cc(-c2ccc(Cl)cc2)ccc1C1C(=O)C2CCC(C2)C1=O. The second kappa shape index (κ2) is 5.86. The molecule has 0 aliphatic heterocycles. The Morgan fingerprint density at radius 2 is 1.46 bits per heavy atom. The van der Waals surface area contributed by atoms with E-state index in [0.717, 1.165) is 41.5 Å². The summed E-state index contributed by atoms with van der Waals surface area (Å²) in [7, 11) is 0. The second-order valence-electron chi connectivity index (χ2n) is 7.02. The fraction of sp³-hybridized carbons (Fsp3) is 0.333. The van der Waals surface area contributed by atoms with Crippen LogP contribution in [0.3, 0.4) is 0 Å². The average molecular weight is 339 g/mol. The van der Waals surface area contributed by atoms with Crippen LogP contribution in [0, 0.1) is 18.8 Å². The Balaban J connectivity index is 1.71. The van der Waals surface area contributed by atoms with Crippen molar-refractivity contribution in [2.24, 2.45) is 11.8 Å². The van der Waals surface area contributed by atoms with Crippen molar-refractivity contribution < 1.29 is 9.59 Å². The topological polar surface area (TPSA) is 34.1 Å². The van der Waals surface area contributed by atoms with E-state index >= 15 is 0 Å². The van der Waals surface area contributed by atoms with Crippen LogP contribution in [0.4, 0.5) is 0 Å². The Labute approximate surface area is 146 Å². The summed E-state index contributed by atoms with van der Waals surface area (Å²) in [6, 6.07) is 13.7. The van der Waals surface area contributed by atoms with E-state index in [0.29, 0.717) is 5.02 Å². The number of carbonyl (C=O) groups excluding carboxylic acids is 2. The van der Waals surface area contributed by atoms with Gasteiger partial charge in [-0.2, -0.15) is 0 Å². The molecular formula is C21H19ClO2. The van der Waals surface area contributed by atoms with Gasteiger partial charge in [-0.25, -0.2) is 0 Å². The summed E-state index contributed by atoms with van der Waals surface area (Å²) >= 11 is 5.95. The molecule has 0 spiro atoms. The summed E-state index contributed by atoms with van der Waals surface area (Å²) in [6.07, 6.45) is 2.54. The fourth-order valence-corrected chi connectivity index (χ4v) is 4.36. The monoisotopic (exact) mass is 338 g/mol. The van der Waals surface area contributed by atoms with Crippen molar-refractivity contribution in [1.82, 2.24) is 0 Å². The summed E-state index contributed by atoms with van der Waals surface area (Å²) < 4.78 is 0. The van der Waals surface area contributed by atoms with Crippen molar-refractivity contribution in [1.29, 1.82) is 0 Å². The molecule has 2 nitrogen and oxygen atoms in total. The van der Waals surface area contributed by atoms with Crippen LogP contribution >= 0.6 is 11.6 Å². The summed E-state index contributed by atoms with van der Waals surface area (Å²) in [5.41, 5.74) is 4.05. The largest absolute Gasteiger partial charge is 0.298 e. The molecular weight excluding hydrogens is 320 g/mol. The van der Waals surface area contributed by atoms with Gasteiger partial charge in [0.05, 0.1) is 0 Å². The number of halogens is 1. The zero-order chi connectivity index (χ0) is 16.8. The van der Waals surface area contributed by atoms with Crippen LogP contribution in [0.25, 0.3) is 11.1 Å². The standard InChI is InChI=1S/C21H19ClO2/c1-12-10-14(13-4-7-17(22)8-5-13)6-9-18(12)19-20(23)15-2-3-16(11-15)21(19)24/h4-10,15-16,19H,2-3,11H2,1H3. The maximum atomic E-state index is 12.7. The zero-order valence-corrected chi connectivity index (χ0v) is 14.3. The highest BCUT2D eigenvalue weighted by Crippen LogP contribution is 2.44. The van der Waals surface area contributed by atoms with Gasteiger partial charge >= 0.3 is 0 Å². The van der Waals surface area contributed by atoms with Gasteiger partial charge in [0.15, 0.2) is 11.6 Å². The molecule has 0 amide bonds. The lowest BCUT2D eigenvalue weighted by molar-refractivity contribution is -0.135. The van der Waals surface area contributed by atoms with E-state index in [-0.39, 0.29) is 23.4 Å². The number of Topliss-reactive ketones (excluding diaryl/α,β-unsaturated/α-hetero) is 2. The van der Waals surface area contributed by atoms with Crippen LogP contribution in [-0.4, -0.2) is 11.6 Å². The molecule has 2 aliphatic carbocycles. The number of fused-ring (bicyclic) bond motifs is 2. The molecule has 0 radical (unpaired) electrons. The molecule has 2 unspecified atom stereocenters. The molecule has 2 aromatic carbocycles. The van der Waals surface area contributed by atoms with Crippen molar-refractivity contribution in [3.05, 3.63) is 58.6 Å². The Morgan fingerprint density at radius 3 is 2.04 bits per heavy atom. The molecule has 4 rings (SSSR count). The molecule has 2 aliphatic rings. The van der Waals surface area contributed by atoms with Crippen molar-refractivity contribution >= 4 is 23.2 Å². The van der Waals surface area contributed by atoms with E-state index in [1.54, 1.807) is 0 Å². The third-order valence-electron chi connectivity index (χ3n) is 5.56. The second-order valence-corrected chi connectivity index (χ2v) is 7.46. The van der Waals surface area contributed by atoms with E-state index in [1.807, 2.05) is 43.3 Å². The molecule has 2 fully saturated rings. The van der Waals surface area contributed by atoms with Gasteiger partial charge in [-0.3, -0.25) is 9.59 Å². The third kappa shape index (κ3) is 2.50. The number of ketones is 2. The highest BCUT2D eigenvalue weighted by atomic mass is 35.5. The summed E-state index contributed by atoms with van der Waals surface area (Å²) in [5, 5.41) is 0.709. The minimum atomic E-state index is -0.546. The molecule has 2 saturated carbocycles. The lowest BCUT2D eigenvalue weighted by Crippen LogP contribution is -2.35. The van der Waals surface area contributed by atoms with E-state index in [2.05, 4.69) is 6.07 Å². The lowest BCUT2D eigenvalue weighted by atomic mass is 9.74. The van der Waals surface area contributed by atoms with Gasteiger partial charge in [-0.15, -0.1) is 0 Å². The van der Waals surface area contributed by atoms with Crippen molar-refractivity contribution in [3.63, 3.8) is 0 Å². The van der Waals surface area contributed by atoms with Crippen LogP contribution in [-0.2, 0) is 9.59 Å².